The van der Waals surface area contributed by atoms with Crippen molar-refractivity contribution in [3.05, 3.63) is 0 Å². The molecule has 0 saturated heterocycles. The molecule has 1 aliphatic rings. The lowest BCUT2D eigenvalue weighted by molar-refractivity contribution is -0.122. The molecule has 1 saturated carbocycles. The van der Waals surface area contributed by atoms with E-state index in [0.29, 0.717) is 12.5 Å². The Hall–Kier alpha value is -0.570. The fourth-order valence-electron chi connectivity index (χ4n) is 2.37. The van der Waals surface area contributed by atoms with Crippen LogP contribution in [0.3, 0.4) is 0 Å². The largest absolute Gasteiger partial charge is 0.353 e. The van der Waals surface area contributed by atoms with Crippen molar-refractivity contribution in [2.24, 2.45) is 11.7 Å². The van der Waals surface area contributed by atoms with Crippen molar-refractivity contribution >= 4 is 5.91 Å². The van der Waals surface area contributed by atoms with Gasteiger partial charge in [-0.1, -0.05) is 13.3 Å². The van der Waals surface area contributed by atoms with E-state index in [0.717, 1.165) is 25.2 Å². The highest BCUT2D eigenvalue weighted by molar-refractivity contribution is 5.76. The summed E-state index contributed by atoms with van der Waals surface area (Å²) < 4.78 is 0. The van der Waals surface area contributed by atoms with Crippen LogP contribution in [-0.2, 0) is 4.79 Å². The van der Waals surface area contributed by atoms with Crippen LogP contribution < -0.4 is 11.1 Å². The van der Waals surface area contributed by atoms with Crippen LogP contribution in [0.2, 0.25) is 0 Å². The molecule has 94 valence electrons. The molecule has 0 aromatic rings. The van der Waals surface area contributed by atoms with Gasteiger partial charge in [0.2, 0.25) is 5.91 Å². The van der Waals surface area contributed by atoms with Crippen molar-refractivity contribution in [1.29, 1.82) is 0 Å². The Morgan fingerprint density at radius 1 is 1.38 bits per heavy atom. The number of carbonyl (C=O) groups is 1. The Kier molecular flexibility index (Phi) is 5.81. The first kappa shape index (κ1) is 13.5. The minimum Gasteiger partial charge on any atom is -0.353 e. The second kappa shape index (κ2) is 6.89. The van der Waals surface area contributed by atoms with Crippen LogP contribution in [0.5, 0.6) is 0 Å². The molecule has 1 amide bonds. The van der Waals surface area contributed by atoms with Crippen LogP contribution in [-0.4, -0.2) is 18.0 Å². The molecule has 1 rings (SSSR count). The summed E-state index contributed by atoms with van der Waals surface area (Å²) in [6, 6.07) is 0.546. The van der Waals surface area contributed by atoms with Gasteiger partial charge in [-0.2, -0.15) is 0 Å². The summed E-state index contributed by atoms with van der Waals surface area (Å²) in [4.78, 5) is 11.6. The van der Waals surface area contributed by atoms with Gasteiger partial charge < -0.3 is 11.1 Å². The van der Waals surface area contributed by atoms with Crippen LogP contribution in [0.4, 0.5) is 0 Å². The standard InChI is InChI=1S/C13H26N2O/c1-3-11-5-7-12(8-6-11)15-13(16)9-4-10(2)14/h10-12H,3-9,14H2,1-2H3,(H,15,16). The Labute approximate surface area is 99.2 Å². The molecule has 3 nitrogen and oxygen atoms in total. The van der Waals surface area contributed by atoms with E-state index in [2.05, 4.69) is 12.2 Å². The minimum atomic E-state index is 0.126. The van der Waals surface area contributed by atoms with Crippen molar-refractivity contribution in [2.75, 3.05) is 0 Å². The molecular formula is C13H26N2O. The third-order valence-corrected chi connectivity index (χ3v) is 3.62. The molecule has 0 radical (unpaired) electrons. The van der Waals surface area contributed by atoms with Gasteiger partial charge in [-0.05, 0) is 44.9 Å². The molecule has 3 heteroatoms. The number of rotatable bonds is 5. The Bertz CT molecular complexity index is 208. The van der Waals surface area contributed by atoms with E-state index in [1.807, 2.05) is 6.92 Å². The van der Waals surface area contributed by atoms with E-state index in [9.17, 15) is 4.79 Å². The summed E-state index contributed by atoms with van der Waals surface area (Å²) in [6.45, 7) is 4.20. The number of nitrogens with one attached hydrogen (secondary N) is 1. The fourth-order valence-corrected chi connectivity index (χ4v) is 2.37. The lowest BCUT2D eigenvalue weighted by Gasteiger charge is -2.28. The molecule has 1 unspecified atom stereocenters. The maximum absolute atomic E-state index is 11.6. The first-order valence-electron chi connectivity index (χ1n) is 6.66. The Balaban J connectivity index is 2.15. The summed E-state index contributed by atoms with van der Waals surface area (Å²) >= 11 is 0. The third-order valence-electron chi connectivity index (χ3n) is 3.62. The molecule has 1 atom stereocenters. The number of nitrogens with two attached hydrogens (primary N) is 1. The number of carbonyl (C=O) groups excluding carboxylic acids is 1. The lowest BCUT2D eigenvalue weighted by atomic mass is 9.84. The van der Waals surface area contributed by atoms with Gasteiger partial charge in [0.15, 0.2) is 0 Å². The van der Waals surface area contributed by atoms with E-state index >= 15 is 0 Å². The van der Waals surface area contributed by atoms with E-state index < -0.39 is 0 Å². The molecular weight excluding hydrogens is 200 g/mol. The first-order valence-corrected chi connectivity index (χ1v) is 6.66. The molecule has 0 heterocycles. The fraction of sp³-hybridized carbons (Fsp3) is 0.923. The van der Waals surface area contributed by atoms with Gasteiger partial charge in [0.1, 0.15) is 0 Å². The minimum absolute atomic E-state index is 0.126. The Morgan fingerprint density at radius 2 is 2.00 bits per heavy atom. The number of hydrogen-bond acceptors (Lipinski definition) is 2. The van der Waals surface area contributed by atoms with Gasteiger partial charge in [-0.15, -0.1) is 0 Å². The summed E-state index contributed by atoms with van der Waals surface area (Å²) in [5.74, 6) is 1.06. The second-order valence-corrected chi connectivity index (χ2v) is 5.21. The molecule has 3 N–H and O–H groups in total. The van der Waals surface area contributed by atoms with Crippen LogP contribution in [0, 0.1) is 5.92 Å². The van der Waals surface area contributed by atoms with Gasteiger partial charge in [0.05, 0.1) is 0 Å². The van der Waals surface area contributed by atoms with E-state index in [1.54, 1.807) is 0 Å². The van der Waals surface area contributed by atoms with Crippen molar-refractivity contribution in [3.8, 4) is 0 Å². The smallest absolute Gasteiger partial charge is 0.220 e. The van der Waals surface area contributed by atoms with Crippen molar-refractivity contribution < 1.29 is 4.79 Å². The van der Waals surface area contributed by atoms with Crippen LogP contribution in [0.15, 0.2) is 0 Å². The maximum atomic E-state index is 11.6. The normalized spacial score (nSPS) is 27.4. The predicted octanol–water partition coefficient (Wildman–Crippen LogP) is 2.20. The highest BCUT2D eigenvalue weighted by Gasteiger charge is 2.20. The molecule has 0 aromatic heterocycles. The predicted molar refractivity (Wildman–Crippen MR) is 67.1 cm³/mol. The zero-order chi connectivity index (χ0) is 12.0. The summed E-state index contributed by atoms with van der Waals surface area (Å²) in [5.41, 5.74) is 5.63. The first-order chi connectivity index (χ1) is 7.61. The molecule has 1 aliphatic carbocycles. The monoisotopic (exact) mass is 226 g/mol. The average Bonchev–Trinajstić information content (AvgIpc) is 2.27. The molecule has 0 aliphatic heterocycles. The van der Waals surface area contributed by atoms with E-state index in [4.69, 9.17) is 5.73 Å². The van der Waals surface area contributed by atoms with Crippen molar-refractivity contribution in [2.45, 2.75) is 70.9 Å². The molecule has 1 fully saturated rings. The molecule has 0 aromatic carbocycles. The lowest BCUT2D eigenvalue weighted by Crippen LogP contribution is -2.38. The van der Waals surface area contributed by atoms with Gasteiger partial charge >= 0.3 is 0 Å². The summed E-state index contributed by atoms with van der Waals surface area (Å²) in [7, 11) is 0. The van der Waals surface area contributed by atoms with Crippen LogP contribution in [0.1, 0.15) is 58.8 Å². The van der Waals surface area contributed by atoms with Gasteiger partial charge in [0, 0.05) is 18.5 Å². The van der Waals surface area contributed by atoms with Crippen LogP contribution in [0.25, 0.3) is 0 Å². The number of amides is 1. The SMILES string of the molecule is CCC1CCC(NC(=O)CCC(C)N)CC1. The van der Waals surface area contributed by atoms with Gasteiger partial charge in [-0.25, -0.2) is 0 Å². The quantitative estimate of drug-likeness (QED) is 0.755. The molecule has 0 spiro atoms. The van der Waals surface area contributed by atoms with Gasteiger partial charge in [-0.3, -0.25) is 4.79 Å². The third kappa shape index (κ3) is 4.97. The second-order valence-electron chi connectivity index (χ2n) is 5.21. The van der Waals surface area contributed by atoms with E-state index in [1.165, 1.54) is 19.3 Å². The zero-order valence-electron chi connectivity index (χ0n) is 10.7. The van der Waals surface area contributed by atoms with Gasteiger partial charge in [0.25, 0.3) is 0 Å². The average molecular weight is 226 g/mol. The van der Waals surface area contributed by atoms with Crippen LogP contribution >= 0.6 is 0 Å². The maximum Gasteiger partial charge on any atom is 0.220 e. The zero-order valence-corrected chi connectivity index (χ0v) is 10.7. The van der Waals surface area contributed by atoms with Crippen molar-refractivity contribution in [1.82, 2.24) is 5.32 Å². The summed E-state index contributed by atoms with van der Waals surface area (Å²) in [6.07, 6.45) is 7.50. The number of hydrogen-bond donors (Lipinski definition) is 2. The molecule has 16 heavy (non-hydrogen) atoms. The summed E-state index contributed by atoms with van der Waals surface area (Å²) in [5, 5.41) is 3.12. The molecule has 0 bridgehead atoms. The van der Waals surface area contributed by atoms with Crippen molar-refractivity contribution in [3.63, 3.8) is 0 Å². The topological polar surface area (TPSA) is 55.1 Å². The highest BCUT2D eigenvalue weighted by atomic mass is 16.1. The Morgan fingerprint density at radius 3 is 2.50 bits per heavy atom. The highest BCUT2D eigenvalue weighted by Crippen LogP contribution is 2.26. The van der Waals surface area contributed by atoms with E-state index in [-0.39, 0.29) is 11.9 Å².